The Balaban J connectivity index is 1.40. The zero-order valence-corrected chi connectivity index (χ0v) is 16.9. The van der Waals surface area contributed by atoms with Crippen molar-refractivity contribution < 1.29 is 9.84 Å². The largest absolute Gasteiger partial charge is 0.378 e. The van der Waals surface area contributed by atoms with E-state index in [0.717, 1.165) is 30.6 Å². The number of hydrogen-bond acceptors (Lipinski definition) is 8. The van der Waals surface area contributed by atoms with E-state index in [4.69, 9.17) is 4.74 Å². The second kappa shape index (κ2) is 9.77. The number of thioether (sulfide) groups is 1. The number of morpholine rings is 1. The van der Waals surface area contributed by atoms with Crippen LogP contribution in [0, 0.1) is 13.8 Å². The van der Waals surface area contributed by atoms with Gasteiger partial charge in [-0.25, -0.2) is 0 Å². The topological polar surface area (TPSA) is 70.5 Å². The van der Waals surface area contributed by atoms with Crippen molar-refractivity contribution in [2.75, 3.05) is 32.0 Å². The van der Waals surface area contributed by atoms with Crippen molar-refractivity contribution in [2.24, 2.45) is 0 Å². The molecule has 8 heteroatoms. The minimum atomic E-state index is -0.581. The summed E-state index contributed by atoms with van der Waals surface area (Å²) in [5.74, 6) is 0.550. The molecule has 6 nitrogen and oxygen atoms in total. The summed E-state index contributed by atoms with van der Waals surface area (Å²) in [5, 5.41) is 21.0. The number of aryl methyl sites for hydroxylation is 2. The third-order valence-corrected chi connectivity index (χ3v) is 6.42. The Morgan fingerprint density at radius 3 is 3.08 bits per heavy atom. The first kappa shape index (κ1) is 19.7. The summed E-state index contributed by atoms with van der Waals surface area (Å²) in [6, 6.07) is 6.67. The predicted octanol–water partition coefficient (Wildman–Crippen LogP) is 2.06. The summed E-state index contributed by atoms with van der Waals surface area (Å²) in [6.07, 6.45) is -0.487. The molecule has 0 radical (unpaired) electrons. The fraction of sp³-hybridized carbons (Fsp3) is 0.556. The molecule has 2 aromatic rings. The second-order valence-electron chi connectivity index (χ2n) is 6.59. The minimum Gasteiger partial charge on any atom is -0.378 e. The molecule has 0 saturated carbocycles. The molecule has 142 valence electrons. The molecule has 1 aliphatic heterocycles. The van der Waals surface area contributed by atoms with E-state index in [1.165, 1.54) is 39.8 Å². The van der Waals surface area contributed by atoms with Gasteiger partial charge in [0.15, 0.2) is 4.34 Å². The third-order valence-electron chi connectivity index (χ3n) is 4.49. The van der Waals surface area contributed by atoms with Crippen LogP contribution >= 0.6 is 23.1 Å². The Labute approximate surface area is 163 Å². The fourth-order valence-corrected chi connectivity index (χ4v) is 4.32. The quantitative estimate of drug-likeness (QED) is 0.524. The normalized spacial score (nSPS) is 19.6. The predicted molar refractivity (Wildman–Crippen MR) is 106 cm³/mol. The van der Waals surface area contributed by atoms with E-state index in [-0.39, 0.29) is 6.10 Å². The van der Waals surface area contributed by atoms with E-state index in [0.29, 0.717) is 12.3 Å². The molecule has 2 N–H and O–H groups in total. The molecule has 0 aliphatic carbocycles. The highest BCUT2D eigenvalue weighted by Gasteiger charge is 2.21. The van der Waals surface area contributed by atoms with Gasteiger partial charge in [-0.15, -0.1) is 10.2 Å². The average Bonchev–Trinajstić information content (AvgIpc) is 3.15. The molecule has 2 heterocycles. The van der Waals surface area contributed by atoms with Crippen LogP contribution in [0.15, 0.2) is 28.0 Å². The molecule has 1 aromatic heterocycles. The summed E-state index contributed by atoms with van der Waals surface area (Å²) in [5.41, 5.74) is 5.71. The highest BCUT2D eigenvalue weighted by Crippen LogP contribution is 2.19. The third kappa shape index (κ3) is 6.00. The molecule has 1 aromatic carbocycles. The van der Waals surface area contributed by atoms with E-state index in [1.54, 1.807) is 5.51 Å². The van der Waals surface area contributed by atoms with Crippen molar-refractivity contribution in [1.82, 2.24) is 20.4 Å². The number of nitrogens with one attached hydrogen (secondary N) is 1. The van der Waals surface area contributed by atoms with Gasteiger partial charge in [-0.2, -0.15) is 0 Å². The number of aromatic nitrogens is 2. The van der Waals surface area contributed by atoms with Gasteiger partial charge in [-0.3, -0.25) is 10.2 Å². The van der Waals surface area contributed by atoms with E-state index >= 15 is 0 Å². The average molecular weight is 395 g/mol. The summed E-state index contributed by atoms with van der Waals surface area (Å²) in [7, 11) is 0. The van der Waals surface area contributed by atoms with Crippen molar-refractivity contribution in [3.05, 3.63) is 40.4 Å². The van der Waals surface area contributed by atoms with Crippen molar-refractivity contribution in [1.29, 1.82) is 0 Å². The van der Waals surface area contributed by atoms with Gasteiger partial charge in [0, 0.05) is 31.9 Å². The zero-order valence-electron chi connectivity index (χ0n) is 15.2. The smallest absolute Gasteiger partial charge is 0.174 e. The molecule has 1 fully saturated rings. The maximum atomic E-state index is 10.1. The summed E-state index contributed by atoms with van der Waals surface area (Å²) < 4.78 is 6.72. The molecular weight excluding hydrogens is 368 g/mol. The van der Waals surface area contributed by atoms with E-state index in [9.17, 15) is 5.11 Å². The van der Waals surface area contributed by atoms with Gasteiger partial charge in [-0.1, -0.05) is 41.3 Å². The molecular formula is C18H26N4O2S2. The van der Waals surface area contributed by atoms with Gasteiger partial charge in [0.05, 0.1) is 12.7 Å². The lowest BCUT2D eigenvalue weighted by atomic mass is 10.1. The Kier molecular flexibility index (Phi) is 7.42. The summed E-state index contributed by atoms with van der Waals surface area (Å²) >= 11 is 2.99. The Hall–Kier alpha value is -1.03. The van der Waals surface area contributed by atoms with Crippen LogP contribution in [0.2, 0.25) is 0 Å². The maximum absolute atomic E-state index is 10.1. The Morgan fingerprint density at radius 2 is 2.31 bits per heavy atom. The number of aliphatic hydroxyl groups is 1. The molecule has 1 saturated heterocycles. The van der Waals surface area contributed by atoms with Gasteiger partial charge >= 0.3 is 0 Å². The van der Waals surface area contributed by atoms with Crippen LogP contribution in [-0.2, 0) is 11.3 Å². The molecule has 2 unspecified atom stereocenters. The number of hydrogen-bond donors (Lipinski definition) is 2. The molecule has 0 spiro atoms. The van der Waals surface area contributed by atoms with Crippen molar-refractivity contribution in [3.8, 4) is 0 Å². The van der Waals surface area contributed by atoms with Crippen LogP contribution in [0.5, 0.6) is 0 Å². The number of aliphatic hydroxyl groups excluding tert-OH is 1. The van der Waals surface area contributed by atoms with Gasteiger partial charge in [0.2, 0.25) is 0 Å². The summed E-state index contributed by atoms with van der Waals surface area (Å²) in [6.45, 7) is 8.43. The first-order chi connectivity index (χ1) is 12.6. The lowest BCUT2D eigenvalue weighted by Crippen LogP contribution is -2.48. The van der Waals surface area contributed by atoms with Gasteiger partial charge in [0.1, 0.15) is 11.7 Å². The highest BCUT2D eigenvalue weighted by atomic mass is 32.2. The fourth-order valence-electron chi connectivity index (χ4n) is 2.91. The van der Waals surface area contributed by atoms with Crippen LogP contribution < -0.4 is 5.32 Å². The Morgan fingerprint density at radius 1 is 1.42 bits per heavy atom. The van der Waals surface area contributed by atoms with Crippen LogP contribution in [-0.4, -0.2) is 64.5 Å². The van der Waals surface area contributed by atoms with Gasteiger partial charge in [0.25, 0.3) is 0 Å². The standard InChI is InChI=1S/C18H26N4O2S2/c1-13-3-4-15(7-14(13)2)9-22-5-6-24-16(10-22)8-19-17(23)11-25-18-21-20-12-26-18/h3-4,7,12,16-17,19,23H,5-6,8-11H2,1-2H3. The number of nitrogens with zero attached hydrogens (tertiary/aromatic N) is 3. The maximum Gasteiger partial charge on any atom is 0.174 e. The van der Waals surface area contributed by atoms with Crippen molar-refractivity contribution >= 4 is 23.1 Å². The van der Waals surface area contributed by atoms with Crippen LogP contribution in [0.25, 0.3) is 0 Å². The molecule has 1 aliphatic rings. The van der Waals surface area contributed by atoms with Gasteiger partial charge < -0.3 is 9.84 Å². The zero-order chi connectivity index (χ0) is 18.4. The number of ether oxygens (including phenoxy) is 1. The van der Waals surface area contributed by atoms with E-state index in [1.807, 2.05) is 0 Å². The Bertz CT molecular complexity index is 684. The molecule has 0 amide bonds. The lowest BCUT2D eigenvalue weighted by Gasteiger charge is -2.33. The molecule has 3 rings (SSSR count). The molecule has 0 bridgehead atoms. The van der Waals surface area contributed by atoms with Crippen LogP contribution in [0.3, 0.4) is 0 Å². The number of rotatable bonds is 8. The second-order valence-corrected chi connectivity index (χ2v) is 8.69. The number of benzene rings is 1. The summed E-state index contributed by atoms with van der Waals surface area (Å²) in [4.78, 5) is 2.42. The first-order valence-corrected chi connectivity index (χ1v) is 10.7. The van der Waals surface area contributed by atoms with Crippen LogP contribution in [0.4, 0.5) is 0 Å². The van der Waals surface area contributed by atoms with E-state index in [2.05, 4.69) is 52.5 Å². The van der Waals surface area contributed by atoms with Gasteiger partial charge in [-0.05, 0) is 30.5 Å². The minimum absolute atomic E-state index is 0.0940. The lowest BCUT2D eigenvalue weighted by molar-refractivity contribution is -0.0351. The van der Waals surface area contributed by atoms with E-state index < -0.39 is 6.23 Å². The first-order valence-electron chi connectivity index (χ1n) is 8.80. The molecule has 2 atom stereocenters. The monoisotopic (exact) mass is 394 g/mol. The van der Waals surface area contributed by atoms with Crippen molar-refractivity contribution in [3.63, 3.8) is 0 Å². The van der Waals surface area contributed by atoms with Crippen molar-refractivity contribution in [2.45, 2.75) is 37.1 Å². The SMILES string of the molecule is Cc1ccc(CN2CCOC(CNC(O)CSc3nncs3)C2)cc1C. The highest BCUT2D eigenvalue weighted by molar-refractivity contribution is 8.01. The molecule has 26 heavy (non-hydrogen) atoms. The van der Waals surface area contributed by atoms with Crippen LogP contribution in [0.1, 0.15) is 16.7 Å².